The van der Waals surface area contributed by atoms with E-state index in [-0.39, 0.29) is 0 Å². The van der Waals surface area contributed by atoms with Gasteiger partial charge in [-0.05, 0) is 90.5 Å². The van der Waals surface area contributed by atoms with E-state index in [0.717, 1.165) is 39.5 Å². The second-order valence-electron chi connectivity index (χ2n) is 16.1. The summed E-state index contributed by atoms with van der Waals surface area (Å²) >= 11 is 1.86. The van der Waals surface area contributed by atoms with Gasteiger partial charge in [-0.3, -0.25) is 0 Å². The standard InChI is InChI=1S/C59H39N3S/c1-5-18-38(19-6-1)51-35-45(36-52(39-20-7-2-8-21-39)54(51)40-22-9-3-10-23-40)42-26-17-27-43(34-42)58-60-57(41-24-11-4-12-25-41)61-59(62-58)44-32-33-50-53(37-44)63-56-49-31-16-14-29-47(49)46-28-13-15-30-48(46)55(50)56/h1-37,58H,(H,60,61,62). The molecule has 4 heteroatoms. The Morgan fingerprint density at radius 2 is 0.857 bits per heavy atom. The highest BCUT2D eigenvalue weighted by Crippen LogP contribution is 2.46. The van der Waals surface area contributed by atoms with E-state index in [1.54, 1.807) is 0 Å². The molecule has 0 aliphatic carbocycles. The summed E-state index contributed by atoms with van der Waals surface area (Å²) in [4.78, 5) is 10.7. The fourth-order valence-electron chi connectivity index (χ4n) is 9.34. The van der Waals surface area contributed by atoms with Crippen molar-refractivity contribution < 1.29 is 0 Å². The van der Waals surface area contributed by atoms with Crippen LogP contribution in [0.15, 0.2) is 234 Å². The summed E-state index contributed by atoms with van der Waals surface area (Å²) in [6.45, 7) is 0. The van der Waals surface area contributed by atoms with Crippen LogP contribution in [0.2, 0.25) is 0 Å². The molecule has 0 bridgehead atoms. The van der Waals surface area contributed by atoms with E-state index in [1.165, 1.54) is 75.1 Å². The van der Waals surface area contributed by atoms with Crippen molar-refractivity contribution in [1.82, 2.24) is 5.32 Å². The highest BCUT2D eigenvalue weighted by atomic mass is 32.1. The number of fused-ring (bicyclic) bond motifs is 8. The van der Waals surface area contributed by atoms with Crippen LogP contribution in [0.3, 0.4) is 0 Å². The molecule has 0 radical (unpaired) electrons. The average Bonchev–Trinajstić information content (AvgIpc) is 3.77. The molecule has 63 heavy (non-hydrogen) atoms. The molecule has 10 aromatic carbocycles. The lowest BCUT2D eigenvalue weighted by Crippen LogP contribution is -2.36. The summed E-state index contributed by atoms with van der Waals surface area (Å²) in [5, 5.41) is 11.4. The Morgan fingerprint density at radius 3 is 1.49 bits per heavy atom. The lowest BCUT2D eigenvalue weighted by molar-refractivity contribution is 0.756. The number of benzene rings is 10. The van der Waals surface area contributed by atoms with Crippen molar-refractivity contribution in [2.24, 2.45) is 9.98 Å². The molecule has 0 fully saturated rings. The number of hydrogen-bond acceptors (Lipinski definition) is 4. The van der Waals surface area contributed by atoms with E-state index in [0.29, 0.717) is 0 Å². The normalized spacial score (nSPS) is 13.9. The number of amidine groups is 2. The summed E-state index contributed by atoms with van der Waals surface area (Å²) < 4.78 is 2.55. The molecule has 1 aliphatic heterocycles. The van der Waals surface area contributed by atoms with Crippen LogP contribution in [-0.2, 0) is 0 Å². The van der Waals surface area contributed by atoms with Crippen molar-refractivity contribution in [1.29, 1.82) is 0 Å². The van der Waals surface area contributed by atoms with Gasteiger partial charge in [0.1, 0.15) is 11.7 Å². The minimum atomic E-state index is -0.465. The maximum atomic E-state index is 5.40. The quantitative estimate of drug-likeness (QED) is 0.160. The number of thiophene rings is 1. The summed E-state index contributed by atoms with van der Waals surface area (Å²) in [5.74, 6) is 1.60. The molecule has 1 aromatic heterocycles. The molecule has 11 aromatic rings. The predicted octanol–water partition coefficient (Wildman–Crippen LogP) is 15.5. The first-order valence-electron chi connectivity index (χ1n) is 21.4. The number of hydrogen-bond donors (Lipinski definition) is 1. The zero-order valence-corrected chi connectivity index (χ0v) is 35.1. The molecule has 3 nitrogen and oxygen atoms in total. The van der Waals surface area contributed by atoms with Gasteiger partial charge >= 0.3 is 0 Å². The van der Waals surface area contributed by atoms with Gasteiger partial charge in [0.15, 0.2) is 6.17 Å². The molecule has 1 aliphatic rings. The fourth-order valence-corrected chi connectivity index (χ4v) is 10.6. The van der Waals surface area contributed by atoms with Crippen molar-refractivity contribution in [3.8, 4) is 44.5 Å². The van der Waals surface area contributed by atoms with Crippen LogP contribution in [0.5, 0.6) is 0 Å². The van der Waals surface area contributed by atoms with Crippen molar-refractivity contribution in [3.05, 3.63) is 241 Å². The smallest absolute Gasteiger partial charge is 0.169 e. The van der Waals surface area contributed by atoms with Crippen LogP contribution in [-0.4, -0.2) is 11.7 Å². The molecular formula is C59H39N3S. The second-order valence-corrected chi connectivity index (χ2v) is 17.2. The zero-order valence-electron chi connectivity index (χ0n) is 34.2. The molecule has 0 amide bonds. The highest BCUT2D eigenvalue weighted by molar-refractivity contribution is 7.27. The molecule has 12 rings (SSSR count). The second kappa shape index (κ2) is 15.5. The Morgan fingerprint density at radius 1 is 0.349 bits per heavy atom. The summed E-state index contributed by atoms with van der Waals surface area (Å²) in [6.07, 6.45) is -0.465. The minimum absolute atomic E-state index is 0.465. The molecule has 1 atom stereocenters. The van der Waals surface area contributed by atoms with Gasteiger partial charge in [-0.2, -0.15) is 0 Å². The maximum absolute atomic E-state index is 5.40. The average molecular weight is 822 g/mol. The molecule has 0 saturated carbocycles. The molecule has 0 saturated heterocycles. The SMILES string of the molecule is c1ccc(C2=NC(c3cccc(-c4cc(-c5ccccc5)c(-c5ccccc5)c(-c5ccccc5)c4)c3)N=C(c3ccc4c(c3)sc3c5ccccc5c5ccccc5c43)N2)cc1. The monoisotopic (exact) mass is 821 g/mol. The van der Waals surface area contributed by atoms with Gasteiger partial charge in [-0.1, -0.05) is 200 Å². The van der Waals surface area contributed by atoms with Gasteiger partial charge < -0.3 is 5.32 Å². The zero-order chi connectivity index (χ0) is 41.7. The molecular weight excluding hydrogens is 783 g/mol. The number of rotatable bonds is 7. The van der Waals surface area contributed by atoms with E-state index >= 15 is 0 Å². The largest absolute Gasteiger partial charge is 0.324 e. The first-order valence-corrected chi connectivity index (χ1v) is 22.2. The van der Waals surface area contributed by atoms with Gasteiger partial charge in [0.05, 0.1) is 0 Å². The van der Waals surface area contributed by atoms with Gasteiger partial charge in [0, 0.05) is 36.7 Å². The Hall–Kier alpha value is -7.92. The van der Waals surface area contributed by atoms with Crippen LogP contribution < -0.4 is 5.32 Å². The molecule has 2 heterocycles. The van der Waals surface area contributed by atoms with Crippen molar-refractivity contribution >= 4 is 64.7 Å². The summed E-state index contributed by atoms with van der Waals surface area (Å²) in [5.41, 5.74) is 12.4. The summed E-state index contributed by atoms with van der Waals surface area (Å²) in [6, 6.07) is 80.6. The third kappa shape index (κ3) is 6.60. The van der Waals surface area contributed by atoms with Crippen LogP contribution >= 0.6 is 11.3 Å². The number of nitrogens with zero attached hydrogens (tertiary/aromatic N) is 2. The number of aliphatic imine (C=N–C) groups is 2. The summed E-state index contributed by atoms with van der Waals surface area (Å²) in [7, 11) is 0. The van der Waals surface area contributed by atoms with E-state index in [4.69, 9.17) is 9.98 Å². The van der Waals surface area contributed by atoms with Crippen molar-refractivity contribution in [2.45, 2.75) is 6.17 Å². The van der Waals surface area contributed by atoms with Gasteiger partial charge in [0.25, 0.3) is 0 Å². The Labute approximate surface area is 370 Å². The molecule has 296 valence electrons. The Bertz CT molecular complexity index is 3510. The van der Waals surface area contributed by atoms with E-state index in [9.17, 15) is 0 Å². The predicted molar refractivity (Wildman–Crippen MR) is 268 cm³/mol. The van der Waals surface area contributed by atoms with E-state index < -0.39 is 6.17 Å². The van der Waals surface area contributed by atoms with Crippen LogP contribution in [0.1, 0.15) is 22.9 Å². The van der Waals surface area contributed by atoms with E-state index in [2.05, 4.69) is 224 Å². The Kier molecular flexibility index (Phi) is 9.09. The number of nitrogens with one attached hydrogen (secondary N) is 1. The van der Waals surface area contributed by atoms with Gasteiger partial charge in [-0.25, -0.2) is 9.98 Å². The van der Waals surface area contributed by atoms with E-state index in [1.807, 2.05) is 17.4 Å². The van der Waals surface area contributed by atoms with Crippen LogP contribution in [0, 0.1) is 0 Å². The third-order valence-corrected chi connectivity index (χ3v) is 13.5. The van der Waals surface area contributed by atoms with Crippen molar-refractivity contribution in [3.63, 3.8) is 0 Å². The lowest BCUT2D eigenvalue weighted by atomic mass is 9.84. The van der Waals surface area contributed by atoms with Crippen LogP contribution in [0.4, 0.5) is 0 Å². The Balaban J connectivity index is 1.01. The minimum Gasteiger partial charge on any atom is -0.324 e. The first-order chi connectivity index (χ1) is 31.2. The fraction of sp³-hybridized carbons (Fsp3) is 0.0169. The lowest BCUT2D eigenvalue weighted by Gasteiger charge is -2.23. The maximum Gasteiger partial charge on any atom is 0.169 e. The van der Waals surface area contributed by atoms with Gasteiger partial charge in [-0.15, -0.1) is 11.3 Å². The van der Waals surface area contributed by atoms with Crippen LogP contribution in [0.25, 0.3) is 86.2 Å². The third-order valence-electron chi connectivity index (χ3n) is 12.3. The highest BCUT2D eigenvalue weighted by Gasteiger charge is 2.23. The van der Waals surface area contributed by atoms with Crippen molar-refractivity contribution in [2.75, 3.05) is 0 Å². The molecule has 0 spiro atoms. The molecule has 1 N–H and O–H groups in total. The first kappa shape index (κ1) is 36.9. The van der Waals surface area contributed by atoms with Gasteiger partial charge in [0.2, 0.25) is 0 Å². The topological polar surface area (TPSA) is 36.8 Å². The molecule has 1 unspecified atom stereocenters.